The quantitative estimate of drug-likeness (QED) is 0.778. The summed E-state index contributed by atoms with van der Waals surface area (Å²) in [5, 5.41) is 5.50. The van der Waals surface area contributed by atoms with Crippen LogP contribution in [0.25, 0.3) is 16.6 Å². The molecule has 3 rings (SSSR count). The molecule has 0 amide bonds. The number of methoxy groups -OCH3 is 1. The van der Waals surface area contributed by atoms with Gasteiger partial charge in [-0.1, -0.05) is 12.1 Å². The lowest BCUT2D eigenvalue weighted by Crippen LogP contribution is -2.01. The highest BCUT2D eigenvalue weighted by atomic mass is 16.5. The van der Waals surface area contributed by atoms with Gasteiger partial charge in [0.1, 0.15) is 5.82 Å². The maximum absolute atomic E-state index is 6.05. The van der Waals surface area contributed by atoms with E-state index in [2.05, 4.69) is 10.1 Å². The van der Waals surface area contributed by atoms with Gasteiger partial charge in [-0.2, -0.15) is 5.10 Å². The number of nitrogens with zero attached hydrogens (tertiary/aromatic N) is 3. The van der Waals surface area contributed by atoms with Crippen LogP contribution in [0.2, 0.25) is 0 Å². The molecule has 0 radical (unpaired) electrons. The summed E-state index contributed by atoms with van der Waals surface area (Å²) in [4.78, 5) is 4.50. The Labute approximate surface area is 111 Å². The van der Waals surface area contributed by atoms with Crippen LogP contribution in [-0.4, -0.2) is 28.3 Å². The van der Waals surface area contributed by atoms with Gasteiger partial charge >= 0.3 is 0 Å². The molecule has 0 aliphatic carbocycles. The van der Waals surface area contributed by atoms with Gasteiger partial charge < -0.3 is 10.5 Å². The average molecular weight is 256 g/mol. The number of benzene rings is 1. The summed E-state index contributed by atoms with van der Waals surface area (Å²) < 4.78 is 7.01. The molecule has 0 aliphatic rings. The van der Waals surface area contributed by atoms with Gasteiger partial charge in [-0.3, -0.25) is 0 Å². The Morgan fingerprint density at radius 2 is 2.11 bits per heavy atom. The van der Waals surface area contributed by atoms with Crippen molar-refractivity contribution in [3.05, 3.63) is 35.5 Å². The molecule has 2 N–H and O–H groups in total. The molecule has 5 heteroatoms. The van der Waals surface area contributed by atoms with E-state index < -0.39 is 0 Å². The molecule has 5 nitrogen and oxygen atoms in total. The Hall–Kier alpha value is -2.14. The molecule has 3 aromatic rings. The highest BCUT2D eigenvalue weighted by molar-refractivity contribution is 5.90. The van der Waals surface area contributed by atoms with Gasteiger partial charge in [0.15, 0.2) is 5.65 Å². The fourth-order valence-corrected chi connectivity index (χ4v) is 2.38. The Bertz CT molecular complexity index is 748. The molecule has 0 bridgehead atoms. The van der Waals surface area contributed by atoms with Gasteiger partial charge in [0.2, 0.25) is 0 Å². The van der Waals surface area contributed by atoms with Gasteiger partial charge in [0.05, 0.1) is 17.8 Å². The van der Waals surface area contributed by atoms with E-state index in [-0.39, 0.29) is 0 Å². The average Bonchev–Trinajstić information content (AvgIpc) is 2.73. The lowest BCUT2D eigenvalue weighted by Gasteiger charge is -2.05. The third kappa shape index (κ3) is 1.82. The number of hydrogen-bond acceptors (Lipinski definition) is 4. The maximum Gasteiger partial charge on any atom is 0.161 e. The van der Waals surface area contributed by atoms with Crippen LogP contribution < -0.4 is 5.73 Å². The molecule has 0 saturated heterocycles. The number of nitrogen functional groups attached to an aromatic ring is 1. The highest BCUT2D eigenvalue weighted by Gasteiger charge is 2.14. The van der Waals surface area contributed by atoms with Gasteiger partial charge in [-0.25, -0.2) is 9.50 Å². The van der Waals surface area contributed by atoms with Crippen molar-refractivity contribution in [2.45, 2.75) is 13.3 Å². The normalized spacial score (nSPS) is 11.5. The van der Waals surface area contributed by atoms with Gasteiger partial charge in [0.25, 0.3) is 0 Å². The molecule has 2 heterocycles. The minimum atomic E-state index is 0.543. The van der Waals surface area contributed by atoms with Crippen LogP contribution >= 0.6 is 0 Å². The van der Waals surface area contributed by atoms with Gasteiger partial charge in [-0.05, 0) is 19.1 Å². The number of nitrogens with two attached hydrogens (primary N) is 1. The fourth-order valence-electron chi connectivity index (χ4n) is 2.38. The Morgan fingerprint density at radius 1 is 1.32 bits per heavy atom. The number of ether oxygens (including phenoxy) is 1. The molecular weight excluding hydrogens is 240 g/mol. The molecule has 19 heavy (non-hydrogen) atoms. The summed E-state index contributed by atoms with van der Waals surface area (Å²) in [7, 11) is 1.69. The largest absolute Gasteiger partial charge is 0.384 e. The molecule has 1 aromatic carbocycles. The first-order valence-corrected chi connectivity index (χ1v) is 6.23. The fraction of sp³-hybridized carbons (Fsp3) is 0.286. The van der Waals surface area contributed by atoms with E-state index >= 15 is 0 Å². The number of para-hydroxylation sites is 1. The molecule has 0 atom stereocenters. The third-order valence-electron chi connectivity index (χ3n) is 3.35. The minimum Gasteiger partial charge on any atom is -0.384 e. The van der Waals surface area contributed by atoms with Crippen molar-refractivity contribution in [2.75, 3.05) is 19.5 Å². The van der Waals surface area contributed by atoms with Crippen LogP contribution in [-0.2, 0) is 11.2 Å². The van der Waals surface area contributed by atoms with E-state index in [1.807, 2.05) is 35.7 Å². The van der Waals surface area contributed by atoms with Crippen molar-refractivity contribution in [2.24, 2.45) is 0 Å². The molecule has 0 saturated carbocycles. The predicted molar refractivity (Wildman–Crippen MR) is 75.2 cm³/mol. The van der Waals surface area contributed by atoms with Crippen molar-refractivity contribution in [1.82, 2.24) is 14.6 Å². The van der Waals surface area contributed by atoms with E-state index in [1.165, 1.54) is 0 Å². The predicted octanol–water partition coefficient (Wildman–Crippen LogP) is 1.96. The Morgan fingerprint density at radius 3 is 2.89 bits per heavy atom. The molecule has 0 aliphatic heterocycles. The molecule has 2 aromatic heterocycles. The van der Waals surface area contributed by atoms with Gasteiger partial charge in [-0.15, -0.1) is 0 Å². The number of hydrogen-bond donors (Lipinski definition) is 1. The first-order chi connectivity index (χ1) is 9.22. The molecular formula is C14H16N4O. The lowest BCUT2D eigenvalue weighted by atomic mass is 10.2. The molecule has 0 spiro atoms. The smallest absolute Gasteiger partial charge is 0.161 e. The lowest BCUT2D eigenvalue weighted by molar-refractivity contribution is 0.202. The molecule has 98 valence electrons. The van der Waals surface area contributed by atoms with Crippen LogP contribution in [0.15, 0.2) is 24.3 Å². The van der Waals surface area contributed by atoms with Gasteiger partial charge in [0, 0.05) is 24.5 Å². The molecule has 0 unspecified atom stereocenters. The second kappa shape index (κ2) is 4.51. The second-order valence-corrected chi connectivity index (χ2v) is 4.56. The zero-order chi connectivity index (χ0) is 13.4. The maximum atomic E-state index is 6.05. The van der Waals surface area contributed by atoms with Crippen molar-refractivity contribution >= 4 is 22.4 Å². The topological polar surface area (TPSA) is 65.4 Å². The van der Waals surface area contributed by atoms with Crippen LogP contribution in [0.4, 0.5) is 5.82 Å². The van der Waals surface area contributed by atoms with E-state index in [4.69, 9.17) is 10.5 Å². The number of aryl methyl sites for hydroxylation is 1. The zero-order valence-corrected chi connectivity index (χ0v) is 11.1. The van der Waals surface area contributed by atoms with Crippen LogP contribution in [0, 0.1) is 6.92 Å². The minimum absolute atomic E-state index is 0.543. The van der Waals surface area contributed by atoms with E-state index in [0.29, 0.717) is 12.4 Å². The highest BCUT2D eigenvalue weighted by Crippen LogP contribution is 2.24. The molecule has 0 fully saturated rings. The summed E-state index contributed by atoms with van der Waals surface area (Å²) in [5.74, 6) is 0.543. The van der Waals surface area contributed by atoms with Crippen LogP contribution in [0.1, 0.15) is 11.3 Å². The first-order valence-electron chi connectivity index (χ1n) is 6.23. The first kappa shape index (κ1) is 11.9. The number of anilines is 1. The van der Waals surface area contributed by atoms with Crippen molar-refractivity contribution in [3.8, 4) is 0 Å². The van der Waals surface area contributed by atoms with Crippen molar-refractivity contribution in [3.63, 3.8) is 0 Å². The zero-order valence-electron chi connectivity index (χ0n) is 11.1. The summed E-state index contributed by atoms with van der Waals surface area (Å²) in [6, 6.07) is 7.90. The standard InChI is InChI=1S/C14H16N4O/c1-9-10(7-8-19-2)14-16-13(15)11-5-3-4-6-12(11)18(14)17-9/h3-6H,7-8H2,1-2H3,(H2,15,16). The SMILES string of the molecule is COCCc1c(C)nn2c1nc(N)c1ccccc12. The summed E-state index contributed by atoms with van der Waals surface area (Å²) >= 11 is 0. The Kier molecular flexibility index (Phi) is 2.83. The summed E-state index contributed by atoms with van der Waals surface area (Å²) in [6.45, 7) is 2.64. The van der Waals surface area contributed by atoms with E-state index in [0.717, 1.165) is 34.2 Å². The number of fused-ring (bicyclic) bond motifs is 3. The summed E-state index contributed by atoms with van der Waals surface area (Å²) in [5.41, 5.74) is 9.92. The van der Waals surface area contributed by atoms with E-state index in [9.17, 15) is 0 Å². The number of rotatable bonds is 3. The summed E-state index contributed by atoms with van der Waals surface area (Å²) in [6.07, 6.45) is 0.788. The monoisotopic (exact) mass is 256 g/mol. The van der Waals surface area contributed by atoms with Crippen LogP contribution in [0.5, 0.6) is 0 Å². The van der Waals surface area contributed by atoms with Crippen molar-refractivity contribution in [1.29, 1.82) is 0 Å². The third-order valence-corrected chi connectivity index (χ3v) is 3.35. The van der Waals surface area contributed by atoms with E-state index in [1.54, 1.807) is 7.11 Å². The van der Waals surface area contributed by atoms with Crippen molar-refractivity contribution < 1.29 is 4.74 Å². The second-order valence-electron chi connectivity index (χ2n) is 4.56. The number of aromatic nitrogens is 3. The Balaban J connectivity index is 2.33. The van der Waals surface area contributed by atoms with Crippen LogP contribution in [0.3, 0.4) is 0 Å².